The average Bonchev–Trinajstić information content (AvgIpc) is 4.18. The van der Waals surface area contributed by atoms with Gasteiger partial charge in [0, 0.05) is 29.1 Å². The van der Waals surface area contributed by atoms with Crippen LogP contribution in [0.4, 0.5) is 38.0 Å². The van der Waals surface area contributed by atoms with E-state index < -0.39 is 41.2 Å². The Morgan fingerprint density at radius 3 is 2.20 bits per heavy atom. The van der Waals surface area contributed by atoms with Crippen LogP contribution in [0.5, 0.6) is 17.2 Å². The molecule has 1 fully saturated rings. The number of nitrogens with one attached hydrogen (secondary N) is 5. The number of urea groups is 1. The third kappa shape index (κ3) is 14.3. The van der Waals surface area contributed by atoms with E-state index in [1.165, 1.54) is 59.8 Å². The van der Waals surface area contributed by atoms with Crippen LogP contribution in [-0.4, -0.2) is 78.3 Å². The predicted molar refractivity (Wildman–Crippen MR) is 312 cm³/mol. The smallest absolute Gasteiger partial charge is 0.441 e. The summed E-state index contributed by atoms with van der Waals surface area (Å²) in [6.45, 7) is 18.9. The zero-order chi connectivity index (χ0) is 57.8. The van der Waals surface area contributed by atoms with Crippen molar-refractivity contribution in [2.24, 2.45) is 5.41 Å². The lowest BCUT2D eigenvalue weighted by molar-refractivity contribution is -0.133. The summed E-state index contributed by atoms with van der Waals surface area (Å²) in [5.74, 6) is -1.63. The number of carbonyl (C=O) groups excluding carboxylic acids is 5. The number of hydrogen-bond acceptors (Lipinski definition) is 14. The monoisotopic (exact) mass is 1110 g/mol. The molecule has 0 radical (unpaired) electrons. The van der Waals surface area contributed by atoms with Gasteiger partial charge in [-0.25, -0.2) is 24.5 Å². The summed E-state index contributed by atoms with van der Waals surface area (Å²) < 4.78 is 12.9. The number of anilines is 5. The first-order valence-corrected chi connectivity index (χ1v) is 28.3. The molecule has 1 aliphatic rings. The molecule has 6 N–H and O–H groups in total. The van der Waals surface area contributed by atoms with Gasteiger partial charge in [0.1, 0.15) is 28.4 Å². The van der Waals surface area contributed by atoms with Gasteiger partial charge in [0.2, 0.25) is 5.91 Å². The Morgan fingerprint density at radius 2 is 1.51 bits per heavy atom. The van der Waals surface area contributed by atoms with Crippen LogP contribution >= 0.6 is 11.8 Å². The fourth-order valence-corrected chi connectivity index (χ4v) is 9.87. The summed E-state index contributed by atoms with van der Waals surface area (Å²) in [6.07, 6.45) is 8.18. The van der Waals surface area contributed by atoms with Crippen molar-refractivity contribution in [3.8, 4) is 23.3 Å². The predicted octanol–water partition coefficient (Wildman–Crippen LogP) is 13.0. The molecule has 4 aromatic carbocycles. The number of H-pyrrole nitrogens is 1. The molecule has 0 bridgehead atoms. The molecule has 80 heavy (non-hydrogen) atoms. The zero-order valence-corrected chi connectivity index (χ0v) is 47.9. The fraction of sp³-hybridized carbons (Fsp3) is 0.417. The molecule has 0 aliphatic carbocycles. The molecule has 1 aliphatic heterocycles. The van der Waals surface area contributed by atoms with Crippen LogP contribution in [-0.2, 0) is 25.2 Å². The number of phenolic OH excluding ortho intramolecular Hbond substituents is 1. The maximum atomic E-state index is 14.9. The van der Waals surface area contributed by atoms with Gasteiger partial charge in [0.25, 0.3) is 11.8 Å². The highest BCUT2D eigenvalue weighted by atomic mass is 32.2. The average molecular weight is 1110 g/mol. The Bertz CT molecular complexity index is 3230. The van der Waals surface area contributed by atoms with Crippen LogP contribution in [0.3, 0.4) is 0 Å². The molecular weight excluding hydrogens is 1030 g/mol. The SMILES string of the molecule is CCCCCCC1(C)CN(c2ccc(NC(=O)CSc3ncnc4[nH]cnc34)cc2)N(C(=O)Oc2cc(NC(=O)Nc3ccc(C#N)cc3)c(O)cc2NC(=O)C(CCCC)Oc2ccc(C(C)(C)CC)cc2C(C)(C)CC)C1=O. The van der Waals surface area contributed by atoms with Crippen molar-refractivity contribution >= 4 is 81.2 Å². The van der Waals surface area contributed by atoms with Crippen molar-refractivity contribution < 1.29 is 38.6 Å². The number of thioether (sulfide) groups is 1. The van der Waals surface area contributed by atoms with E-state index >= 15 is 0 Å². The van der Waals surface area contributed by atoms with Crippen LogP contribution in [0.15, 0.2) is 96.5 Å². The first-order chi connectivity index (χ1) is 38.2. The third-order valence-corrected chi connectivity index (χ3v) is 15.9. The number of aromatic amines is 1. The highest BCUT2D eigenvalue weighted by molar-refractivity contribution is 8.00. The number of fused-ring (bicyclic) bond motifs is 1. The number of carbonyl (C=O) groups is 5. The highest BCUT2D eigenvalue weighted by Crippen LogP contribution is 2.43. The molecule has 6 aromatic rings. The van der Waals surface area contributed by atoms with E-state index in [4.69, 9.17) is 9.47 Å². The van der Waals surface area contributed by atoms with Crippen molar-refractivity contribution in [1.29, 1.82) is 5.26 Å². The van der Waals surface area contributed by atoms with Crippen LogP contribution in [0, 0.1) is 16.7 Å². The molecule has 20 heteroatoms. The number of rotatable bonds is 24. The second-order valence-electron chi connectivity index (χ2n) is 21.6. The minimum atomic E-state index is -1.13. The first-order valence-electron chi connectivity index (χ1n) is 27.3. The van der Waals surface area contributed by atoms with Crippen LogP contribution in [0.25, 0.3) is 11.2 Å². The second kappa shape index (κ2) is 26.2. The quantitative estimate of drug-likeness (QED) is 0.0143. The number of unbranched alkanes of at least 4 members (excludes halogenated alkanes) is 4. The first kappa shape index (κ1) is 59.5. The zero-order valence-electron chi connectivity index (χ0n) is 47.1. The molecule has 2 atom stereocenters. The molecule has 2 aromatic heterocycles. The number of hydrogen-bond donors (Lipinski definition) is 6. The van der Waals surface area contributed by atoms with E-state index in [-0.39, 0.29) is 46.2 Å². The van der Waals surface area contributed by atoms with Gasteiger partial charge >= 0.3 is 12.1 Å². The van der Waals surface area contributed by atoms with Crippen molar-refractivity contribution in [2.45, 2.75) is 148 Å². The van der Waals surface area contributed by atoms with Crippen molar-refractivity contribution in [1.82, 2.24) is 24.9 Å². The van der Waals surface area contributed by atoms with Gasteiger partial charge in [0.15, 0.2) is 17.5 Å². The lowest BCUT2D eigenvalue weighted by atomic mass is 9.76. The van der Waals surface area contributed by atoms with Gasteiger partial charge < -0.3 is 40.8 Å². The standard InChI is InChI=1S/C60H73N11O8S/c1-10-14-16-17-29-60(9)35-70(42-26-24-40(25-27-42)66-50(73)34-80-54-51-52(63-36-62-51)64-37-65-54)71(55(60)75)57(77)79-49-32-44(69-56(76)67-41-22-19-38(33-61)20-23-41)46(72)31-45(49)68-53(74)48(18-15-11-2)78-47-28-21-39(58(5,6)12-3)30-43(47)59(7,8)13-4/h19-28,30-32,36-37,48,72H,10-18,29,34-35H2,1-9H3,(H,66,73)(H,68,74)(H2,67,69,76)(H,62,63,64,65). The number of imidazole rings is 1. The number of imide groups is 1. The van der Waals surface area contributed by atoms with E-state index in [1.54, 1.807) is 24.3 Å². The summed E-state index contributed by atoms with van der Waals surface area (Å²) in [4.78, 5) is 86.6. The molecule has 19 nitrogen and oxygen atoms in total. The number of amides is 6. The minimum Gasteiger partial charge on any atom is -0.506 e. The molecule has 3 heterocycles. The van der Waals surface area contributed by atoms with Crippen LogP contribution in [0.2, 0.25) is 0 Å². The van der Waals surface area contributed by atoms with Gasteiger partial charge in [-0.2, -0.15) is 10.3 Å². The number of benzene rings is 4. The largest absolute Gasteiger partial charge is 0.506 e. The van der Waals surface area contributed by atoms with E-state index in [0.29, 0.717) is 63.8 Å². The Balaban J connectivity index is 1.20. The third-order valence-electron chi connectivity index (χ3n) is 14.9. The van der Waals surface area contributed by atoms with Gasteiger partial charge in [-0.3, -0.25) is 19.4 Å². The fourth-order valence-electron chi connectivity index (χ4n) is 9.12. The normalized spacial score (nSPS) is 14.8. The van der Waals surface area contributed by atoms with Crippen LogP contribution in [0.1, 0.15) is 143 Å². The second-order valence-corrected chi connectivity index (χ2v) is 22.6. The van der Waals surface area contributed by atoms with E-state index in [1.807, 2.05) is 32.0 Å². The molecule has 0 saturated carbocycles. The van der Waals surface area contributed by atoms with Crippen molar-refractivity contribution in [3.63, 3.8) is 0 Å². The summed E-state index contributed by atoms with van der Waals surface area (Å²) >= 11 is 1.21. The van der Waals surface area contributed by atoms with E-state index in [0.717, 1.165) is 67.1 Å². The molecule has 1 saturated heterocycles. The Kier molecular flexibility index (Phi) is 19.5. The number of nitrogens with zero attached hydrogens (tertiary/aromatic N) is 6. The molecule has 422 valence electrons. The Morgan fingerprint density at radius 1 is 0.812 bits per heavy atom. The summed E-state index contributed by atoms with van der Waals surface area (Å²) in [5.41, 5.74) is 3.03. The minimum absolute atomic E-state index is 0.0340. The van der Waals surface area contributed by atoms with Crippen molar-refractivity contribution in [2.75, 3.05) is 38.6 Å². The summed E-state index contributed by atoms with van der Waals surface area (Å²) in [7, 11) is 0. The van der Waals surface area contributed by atoms with Gasteiger partial charge in [0.05, 0.1) is 52.7 Å². The number of phenols is 1. The van der Waals surface area contributed by atoms with Gasteiger partial charge in [-0.05, 0) is 110 Å². The van der Waals surface area contributed by atoms with Gasteiger partial charge in [-0.15, -0.1) is 0 Å². The van der Waals surface area contributed by atoms with E-state index in [2.05, 4.69) is 95.7 Å². The Hall–Kier alpha value is -8.18. The molecular formula is C60H73N11O8S. The lowest BCUT2D eigenvalue weighted by Gasteiger charge is -2.31. The number of aromatic nitrogens is 4. The van der Waals surface area contributed by atoms with Gasteiger partial charge in [-0.1, -0.05) is 111 Å². The summed E-state index contributed by atoms with van der Waals surface area (Å²) in [5, 5.41) is 34.8. The van der Waals surface area contributed by atoms with Crippen LogP contribution < -0.4 is 35.7 Å². The number of aromatic hydroxyl groups is 1. The van der Waals surface area contributed by atoms with E-state index in [9.17, 15) is 34.3 Å². The molecule has 6 amide bonds. The molecule has 2 unspecified atom stereocenters. The Labute approximate surface area is 472 Å². The highest BCUT2D eigenvalue weighted by Gasteiger charge is 2.51. The lowest BCUT2D eigenvalue weighted by Crippen LogP contribution is -2.46. The number of ether oxygens (including phenoxy) is 2. The maximum Gasteiger partial charge on any atom is 0.441 e. The molecule has 0 spiro atoms. The summed E-state index contributed by atoms with van der Waals surface area (Å²) in [6, 6.07) is 22.5. The molecule has 7 rings (SSSR count). The number of nitriles is 1. The van der Waals surface area contributed by atoms with Crippen molar-refractivity contribution in [3.05, 3.63) is 108 Å². The maximum absolute atomic E-state index is 14.9. The number of hydrazine groups is 1. The topological polar surface area (TPSA) is 257 Å².